The van der Waals surface area contributed by atoms with Gasteiger partial charge in [-0.15, -0.1) is 0 Å². The number of carbonyl (C=O) groups excluding carboxylic acids is 2. The van der Waals surface area contributed by atoms with Crippen LogP contribution >= 0.6 is 0 Å². The van der Waals surface area contributed by atoms with Crippen molar-refractivity contribution >= 4 is 11.8 Å². The van der Waals surface area contributed by atoms with Gasteiger partial charge in [-0.25, -0.2) is 0 Å². The summed E-state index contributed by atoms with van der Waals surface area (Å²) < 4.78 is 17.0. The van der Waals surface area contributed by atoms with Gasteiger partial charge in [0, 0.05) is 12.1 Å². The van der Waals surface area contributed by atoms with Crippen LogP contribution in [0.3, 0.4) is 0 Å². The van der Waals surface area contributed by atoms with Crippen molar-refractivity contribution in [3.05, 3.63) is 90.0 Å². The average Bonchev–Trinajstić information content (AvgIpc) is 2.85. The van der Waals surface area contributed by atoms with Crippen molar-refractivity contribution in [1.82, 2.24) is 10.6 Å². The van der Waals surface area contributed by atoms with E-state index in [1.165, 1.54) is 0 Å². The van der Waals surface area contributed by atoms with Crippen LogP contribution in [0.15, 0.2) is 78.9 Å². The highest BCUT2D eigenvalue weighted by Gasteiger charge is 2.21. The van der Waals surface area contributed by atoms with Crippen molar-refractivity contribution in [2.75, 3.05) is 19.8 Å². The van der Waals surface area contributed by atoms with Gasteiger partial charge in [0.1, 0.15) is 18.5 Å². The molecule has 1 unspecified atom stereocenters. The number of ether oxygens (including phenoxy) is 3. The number of nitrogens with one attached hydrogen (secondary N) is 2. The summed E-state index contributed by atoms with van der Waals surface area (Å²) in [4.78, 5) is 24.6. The Labute approximate surface area is 186 Å². The SMILES string of the molecule is O=C(COc1cccc(C(=O)NCc2ccccc2)c1)NCC1COc2ccccc2O1. The maximum Gasteiger partial charge on any atom is 0.258 e. The number of hydrogen-bond acceptors (Lipinski definition) is 5. The Balaban J connectivity index is 1.21. The van der Waals surface area contributed by atoms with E-state index in [4.69, 9.17) is 14.2 Å². The minimum atomic E-state index is -0.286. The van der Waals surface area contributed by atoms with Crippen LogP contribution in [0.4, 0.5) is 0 Å². The molecule has 0 fully saturated rings. The van der Waals surface area contributed by atoms with Crippen LogP contribution < -0.4 is 24.8 Å². The Bertz CT molecular complexity index is 1070. The molecule has 164 valence electrons. The van der Waals surface area contributed by atoms with E-state index in [1.54, 1.807) is 24.3 Å². The number of amides is 2. The van der Waals surface area contributed by atoms with Crippen molar-refractivity contribution in [2.24, 2.45) is 0 Å². The summed E-state index contributed by atoms with van der Waals surface area (Å²) in [5, 5.41) is 5.65. The smallest absolute Gasteiger partial charge is 0.258 e. The van der Waals surface area contributed by atoms with Gasteiger partial charge in [0.2, 0.25) is 0 Å². The third-order valence-corrected chi connectivity index (χ3v) is 4.86. The largest absolute Gasteiger partial charge is 0.486 e. The fourth-order valence-electron chi connectivity index (χ4n) is 3.20. The summed E-state index contributed by atoms with van der Waals surface area (Å²) in [7, 11) is 0. The van der Waals surface area contributed by atoms with E-state index in [0.29, 0.717) is 42.5 Å². The summed E-state index contributed by atoms with van der Waals surface area (Å²) in [6.45, 7) is 0.931. The minimum absolute atomic E-state index is 0.167. The molecule has 0 saturated heterocycles. The van der Waals surface area contributed by atoms with Crippen LogP contribution in [0.25, 0.3) is 0 Å². The molecular weight excluding hydrogens is 408 g/mol. The second-order valence-corrected chi connectivity index (χ2v) is 7.29. The quantitative estimate of drug-likeness (QED) is 0.572. The first-order chi connectivity index (χ1) is 15.7. The maximum atomic E-state index is 12.4. The Hall–Kier alpha value is -4.00. The molecule has 7 nitrogen and oxygen atoms in total. The first kappa shape index (κ1) is 21.2. The molecular formula is C25H24N2O5. The van der Waals surface area contributed by atoms with E-state index in [0.717, 1.165) is 5.56 Å². The van der Waals surface area contributed by atoms with Gasteiger partial charge in [-0.2, -0.15) is 0 Å². The van der Waals surface area contributed by atoms with Crippen molar-refractivity contribution in [3.63, 3.8) is 0 Å². The molecule has 1 aliphatic heterocycles. The van der Waals surface area contributed by atoms with E-state index in [-0.39, 0.29) is 24.5 Å². The topological polar surface area (TPSA) is 85.9 Å². The first-order valence-electron chi connectivity index (χ1n) is 10.4. The van der Waals surface area contributed by atoms with Crippen LogP contribution in [-0.4, -0.2) is 37.7 Å². The van der Waals surface area contributed by atoms with Crippen LogP contribution in [0.5, 0.6) is 17.2 Å². The lowest BCUT2D eigenvalue weighted by molar-refractivity contribution is -0.123. The number of rotatable bonds is 8. The average molecular weight is 432 g/mol. The van der Waals surface area contributed by atoms with Gasteiger partial charge >= 0.3 is 0 Å². The number of benzene rings is 3. The fourth-order valence-corrected chi connectivity index (χ4v) is 3.20. The molecule has 3 aromatic rings. The molecule has 3 aromatic carbocycles. The lowest BCUT2D eigenvalue weighted by Crippen LogP contribution is -2.42. The second-order valence-electron chi connectivity index (χ2n) is 7.29. The maximum absolute atomic E-state index is 12.4. The molecule has 0 aliphatic carbocycles. The lowest BCUT2D eigenvalue weighted by atomic mass is 10.2. The van der Waals surface area contributed by atoms with Gasteiger partial charge in [-0.3, -0.25) is 9.59 Å². The highest BCUT2D eigenvalue weighted by molar-refractivity contribution is 5.94. The normalized spacial score (nSPS) is 14.3. The molecule has 0 spiro atoms. The predicted molar refractivity (Wildman–Crippen MR) is 119 cm³/mol. The molecule has 0 saturated carbocycles. The molecule has 0 aromatic heterocycles. The molecule has 32 heavy (non-hydrogen) atoms. The standard InChI is InChI=1S/C25H24N2O5/c28-24(26-15-21-16-31-22-11-4-5-12-23(22)32-21)17-30-20-10-6-9-19(13-20)25(29)27-14-18-7-2-1-3-8-18/h1-13,21H,14-17H2,(H,26,28)(H,27,29). The molecule has 1 heterocycles. The molecule has 0 radical (unpaired) electrons. The summed E-state index contributed by atoms with van der Waals surface area (Å²) in [5.74, 6) is 1.31. The van der Waals surface area contributed by atoms with Crippen LogP contribution in [0.2, 0.25) is 0 Å². The molecule has 4 rings (SSSR count). The van der Waals surface area contributed by atoms with Crippen molar-refractivity contribution < 1.29 is 23.8 Å². The van der Waals surface area contributed by atoms with E-state index in [1.807, 2.05) is 54.6 Å². The summed E-state index contributed by atoms with van der Waals surface area (Å²) >= 11 is 0. The lowest BCUT2D eigenvalue weighted by Gasteiger charge is -2.26. The Morgan fingerprint density at radius 2 is 1.69 bits per heavy atom. The Morgan fingerprint density at radius 1 is 0.906 bits per heavy atom. The molecule has 0 bridgehead atoms. The van der Waals surface area contributed by atoms with E-state index < -0.39 is 0 Å². The highest BCUT2D eigenvalue weighted by atomic mass is 16.6. The van der Waals surface area contributed by atoms with Gasteiger partial charge in [-0.05, 0) is 35.9 Å². The zero-order chi connectivity index (χ0) is 22.2. The minimum Gasteiger partial charge on any atom is -0.486 e. The number of carbonyl (C=O) groups is 2. The zero-order valence-corrected chi connectivity index (χ0v) is 17.5. The van der Waals surface area contributed by atoms with Gasteiger partial charge in [0.15, 0.2) is 18.1 Å². The Morgan fingerprint density at radius 3 is 2.53 bits per heavy atom. The van der Waals surface area contributed by atoms with Crippen LogP contribution in [-0.2, 0) is 11.3 Å². The number of fused-ring (bicyclic) bond motifs is 1. The predicted octanol–water partition coefficient (Wildman–Crippen LogP) is 2.95. The van der Waals surface area contributed by atoms with Gasteiger partial charge < -0.3 is 24.8 Å². The second kappa shape index (κ2) is 10.3. The summed E-state index contributed by atoms with van der Waals surface area (Å²) in [5.41, 5.74) is 1.48. The summed E-state index contributed by atoms with van der Waals surface area (Å²) in [6, 6.07) is 23.8. The molecule has 1 atom stereocenters. The van der Waals surface area contributed by atoms with Crippen molar-refractivity contribution in [2.45, 2.75) is 12.6 Å². The van der Waals surface area contributed by atoms with Gasteiger partial charge in [0.25, 0.3) is 11.8 Å². The molecule has 7 heteroatoms. The zero-order valence-electron chi connectivity index (χ0n) is 17.5. The molecule has 2 amide bonds. The number of hydrogen-bond donors (Lipinski definition) is 2. The first-order valence-corrected chi connectivity index (χ1v) is 10.4. The van der Waals surface area contributed by atoms with E-state index in [2.05, 4.69) is 10.6 Å². The van der Waals surface area contributed by atoms with Crippen molar-refractivity contribution in [3.8, 4) is 17.2 Å². The van der Waals surface area contributed by atoms with E-state index >= 15 is 0 Å². The molecule has 1 aliphatic rings. The highest BCUT2D eigenvalue weighted by Crippen LogP contribution is 2.30. The monoisotopic (exact) mass is 432 g/mol. The van der Waals surface area contributed by atoms with Gasteiger partial charge in [0.05, 0.1) is 6.54 Å². The molecule has 2 N–H and O–H groups in total. The Kier molecular flexibility index (Phi) is 6.87. The van der Waals surface area contributed by atoms with Gasteiger partial charge in [-0.1, -0.05) is 48.5 Å². The third kappa shape index (κ3) is 5.78. The van der Waals surface area contributed by atoms with E-state index in [9.17, 15) is 9.59 Å². The van der Waals surface area contributed by atoms with Crippen molar-refractivity contribution in [1.29, 1.82) is 0 Å². The van der Waals surface area contributed by atoms with Crippen LogP contribution in [0, 0.1) is 0 Å². The number of para-hydroxylation sites is 2. The summed E-state index contributed by atoms with van der Waals surface area (Å²) in [6.07, 6.45) is -0.273. The third-order valence-electron chi connectivity index (χ3n) is 4.86. The fraction of sp³-hybridized carbons (Fsp3) is 0.200. The van der Waals surface area contributed by atoms with Crippen LogP contribution in [0.1, 0.15) is 15.9 Å².